The molecule has 0 aliphatic carbocycles. The lowest BCUT2D eigenvalue weighted by atomic mass is 9.92. The minimum Gasteiger partial charge on any atom is -0.303 e. The van der Waals surface area contributed by atoms with Gasteiger partial charge in [-0.1, -0.05) is 32.4 Å². The lowest BCUT2D eigenvalue weighted by Crippen LogP contribution is -2.12. The molecule has 1 aromatic rings. The number of carbonyl (C=O) groups is 1. The highest BCUT2D eigenvalue weighted by molar-refractivity contribution is 6.32. The van der Waals surface area contributed by atoms with Crippen molar-refractivity contribution in [3.05, 3.63) is 16.4 Å². The van der Waals surface area contributed by atoms with Crippen LogP contribution in [0.3, 0.4) is 0 Å². The first-order chi connectivity index (χ1) is 6.38. The Bertz CT molecular complexity index is 350. The van der Waals surface area contributed by atoms with Gasteiger partial charge >= 0.3 is 0 Å². The molecule has 78 valence electrons. The summed E-state index contributed by atoms with van der Waals surface area (Å²) in [6.07, 6.45) is 1.16. The summed E-state index contributed by atoms with van der Waals surface area (Å²) in [5.74, 6) is 0. The van der Waals surface area contributed by atoms with E-state index in [0.29, 0.717) is 11.4 Å². The zero-order valence-corrected chi connectivity index (χ0v) is 9.72. The fraction of sp³-hybridized carbons (Fsp3) is 0.600. The van der Waals surface area contributed by atoms with Gasteiger partial charge in [0.1, 0.15) is 6.29 Å². The lowest BCUT2D eigenvalue weighted by molar-refractivity contribution is -0.107. The summed E-state index contributed by atoms with van der Waals surface area (Å²) >= 11 is 6.15. The molecule has 1 aromatic heterocycles. The fourth-order valence-electron chi connectivity index (χ4n) is 1.31. The van der Waals surface area contributed by atoms with E-state index in [1.807, 2.05) is 20.8 Å². The van der Waals surface area contributed by atoms with Gasteiger partial charge in [-0.25, -0.2) is 0 Å². The summed E-state index contributed by atoms with van der Waals surface area (Å²) in [4.78, 5) is 10.4. The van der Waals surface area contributed by atoms with Gasteiger partial charge in [0.05, 0.1) is 16.4 Å². The van der Waals surface area contributed by atoms with Gasteiger partial charge in [0.2, 0.25) is 0 Å². The third-order valence-corrected chi connectivity index (χ3v) is 2.49. The van der Waals surface area contributed by atoms with Crippen molar-refractivity contribution in [1.29, 1.82) is 0 Å². The van der Waals surface area contributed by atoms with Crippen molar-refractivity contribution in [2.24, 2.45) is 7.05 Å². The Morgan fingerprint density at radius 1 is 1.50 bits per heavy atom. The molecular weight excluding hydrogens is 200 g/mol. The second-order valence-corrected chi connectivity index (χ2v) is 4.73. The highest BCUT2D eigenvalue weighted by Gasteiger charge is 2.24. The van der Waals surface area contributed by atoms with E-state index in [4.69, 9.17) is 11.6 Å². The van der Waals surface area contributed by atoms with E-state index >= 15 is 0 Å². The zero-order chi connectivity index (χ0) is 10.9. The van der Waals surface area contributed by atoms with Gasteiger partial charge in [0.15, 0.2) is 0 Å². The summed E-state index contributed by atoms with van der Waals surface area (Å²) in [6, 6.07) is 0. The summed E-state index contributed by atoms with van der Waals surface area (Å²) in [6.45, 7) is 6.14. The van der Waals surface area contributed by atoms with Crippen molar-refractivity contribution >= 4 is 17.9 Å². The van der Waals surface area contributed by atoms with Crippen LogP contribution in [0.2, 0.25) is 5.02 Å². The molecule has 0 spiro atoms. The second kappa shape index (κ2) is 3.73. The molecule has 0 bridgehead atoms. The van der Waals surface area contributed by atoms with Crippen molar-refractivity contribution in [3.63, 3.8) is 0 Å². The Balaban J connectivity index is 3.23. The summed E-state index contributed by atoms with van der Waals surface area (Å²) in [7, 11) is 1.81. The van der Waals surface area contributed by atoms with Crippen LogP contribution in [0.25, 0.3) is 0 Å². The number of hydrogen-bond acceptors (Lipinski definition) is 2. The molecule has 1 rings (SSSR count). The van der Waals surface area contributed by atoms with E-state index in [2.05, 4.69) is 5.10 Å². The molecule has 1 heterocycles. The SMILES string of the molecule is Cn1nc(C(C)(C)C)c(Cl)c1CC=O. The minimum atomic E-state index is -0.0873. The maximum atomic E-state index is 10.4. The van der Waals surface area contributed by atoms with Crippen LogP contribution in [0.4, 0.5) is 0 Å². The van der Waals surface area contributed by atoms with Crippen molar-refractivity contribution < 1.29 is 4.79 Å². The molecule has 0 aromatic carbocycles. The van der Waals surface area contributed by atoms with Gasteiger partial charge in [0.25, 0.3) is 0 Å². The molecule has 3 nitrogen and oxygen atoms in total. The Labute approximate surface area is 89.1 Å². The molecule has 0 N–H and O–H groups in total. The Kier molecular flexibility index (Phi) is 3.00. The van der Waals surface area contributed by atoms with Crippen molar-refractivity contribution in [2.75, 3.05) is 0 Å². The summed E-state index contributed by atoms with van der Waals surface area (Å²) in [5.41, 5.74) is 1.54. The number of aldehydes is 1. The Morgan fingerprint density at radius 2 is 2.07 bits per heavy atom. The van der Waals surface area contributed by atoms with Gasteiger partial charge in [-0.05, 0) is 0 Å². The quantitative estimate of drug-likeness (QED) is 0.707. The predicted molar refractivity (Wildman–Crippen MR) is 56.7 cm³/mol. The molecule has 0 amide bonds. The van der Waals surface area contributed by atoms with Crippen molar-refractivity contribution in [2.45, 2.75) is 32.6 Å². The van der Waals surface area contributed by atoms with E-state index in [0.717, 1.165) is 17.7 Å². The molecule has 0 unspecified atom stereocenters. The maximum absolute atomic E-state index is 10.4. The lowest BCUT2D eigenvalue weighted by Gasteiger charge is -2.15. The molecule has 0 saturated carbocycles. The summed E-state index contributed by atoms with van der Waals surface area (Å²) < 4.78 is 1.68. The molecule has 0 atom stereocenters. The highest BCUT2D eigenvalue weighted by Crippen LogP contribution is 2.30. The van der Waals surface area contributed by atoms with E-state index in [1.54, 1.807) is 11.7 Å². The number of halogens is 1. The van der Waals surface area contributed by atoms with Crippen LogP contribution in [0, 0.1) is 0 Å². The number of nitrogens with zero attached hydrogens (tertiary/aromatic N) is 2. The molecule has 0 saturated heterocycles. The van der Waals surface area contributed by atoms with E-state index in [9.17, 15) is 4.79 Å². The number of aryl methyl sites for hydroxylation is 1. The predicted octanol–water partition coefficient (Wildman–Crippen LogP) is 2.11. The van der Waals surface area contributed by atoms with E-state index in [1.165, 1.54) is 0 Å². The van der Waals surface area contributed by atoms with Crippen LogP contribution < -0.4 is 0 Å². The standard InChI is InChI=1S/C10H15ClN2O/c1-10(2,3)9-8(11)7(5-6-14)13(4)12-9/h6H,5H2,1-4H3. The minimum absolute atomic E-state index is 0.0873. The molecule has 4 heteroatoms. The Hall–Kier alpha value is -0.830. The fourth-order valence-corrected chi connectivity index (χ4v) is 1.83. The Morgan fingerprint density at radius 3 is 2.43 bits per heavy atom. The molecule has 0 aliphatic rings. The van der Waals surface area contributed by atoms with Gasteiger partial charge < -0.3 is 4.79 Å². The number of aromatic nitrogens is 2. The van der Waals surface area contributed by atoms with Crippen LogP contribution in [0.1, 0.15) is 32.2 Å². The van der Waals surface area contributed by atoms with Crippen LogP contribution in [-0.2, 0) is 23.7 Å². The second-order valence-electron chi connectivity index (χ2n) is 4.35. The first-order valence-corrected chi connectivity index (χ1v) is 4.91. The average Bonchev–Trinajstić information content (AvgIpc) is 2.31. The molecule has 14 heavy (non-hydrogen) atoms. The molecule has 0 radical (unpaired) electrons. The van der Waals surface area contributed by atoms with Crippen LogP contribution in [-0.4, -0.2) is 16.1 Å². The third-order valence-electron chi connectivity index (χ3n) is 2.09. The number of hydrogen-bond donors (Lipinski definition) is 0. The van der Waals surface area contributed by atoms with Crippen molar-refractivity contribution in [3.8, 4) is 0 Å². The smallest absolute Gasteiger partial charge is 0.125 e. The van der Waals surface area contributed by atoms with E-state index in [-0.39, 0.29) is 5.41 Å². The monoisotopic (exact) mass is 214 g/mol. The van der Waals surface area contributed by atoms with Gasteiger partial charge in [-0.2, -0.15) is 5.10 Å². The first-order valence-electron chi connectivity index (χ1n) is 4.53. The summed E-state index contributed by atoms with van der Waals surface area (Å²) in [5, 5.41) is 4.94. The topological polar surface area (TPSA) is 34.9 Å². The molecule has 0 aliphatic heterocycles. The van der Waals surface area contributed by atoms with Gasteiger partial charge in [0, 0.05) is 18.9 Å². The first kappa shape index (κ1) is 11.2. The highest BCUT2D eigenvalue weighted by atomic mass is 35.5. The van der Waals surface area contributed by atoms with Crippen LogP contribution in [0.5, 0.6) is 0 Å². The normalized spacial score (nSPS) is 11.8. The third kappa shape index (κ3) is 1.98. The molecular formula is C10H15ClN2O. The number of rotatable bonds is 2. The maximum Gasteiger partial charge on any atom is 0.125 e. The van der Waals surface area contributed by atoms with Crippen molar-refractivity contribution in [1.82, 2.24) is 9.78 Å². The largest absolute Gasteiger partial charge is 0.303 e. The van der Waals surface area contributed by atoms with Crippen LogP contribution in [0.15, 0.2) is 0 Å². The average molecular weight is 215 g/mol. The number of carbonyl (C=O) groups excluding carboxylic acids is 1. The van der Waals surface area contributed by atoms with E-state index < -0.39 is 0 Å². The molecule has 0 fully saturated rings. The van der Waals surface area contributed by atoms with Crippen LogP contribution >= 0.6 is 11.6 Å². The van der Waals surface area contributed by atoms with Gasteiger partial charge in [-0.3, -0.25) is 4.68 Å². The zero-order valence-electron chi connectivity index (χ0n) is 8.97. The van der Waals surface area contributed by atoms with Gasteiger partial charge in [-0.15, -0.1) is 0 Å².